The molecule has 0 aliphatic rings. The number of hydrogen-bond donors (Lipinski definition) is 4. The smallest absolute Gasteiger partial charge is 0.229 e. The SMILES string of the molecule is Br.CC(C)(Cc1ccccc1)NCC(O)c1ccc(O)c(NS(C)(=O)=O)c1. The van der Waals surface area contributed by atoms with Gasteiger partial charge in [-0.25, -0.2) is 8.42 Å². The molecule has 0 heterocycles. The summed E-state index contributed by atoms with van der Waals surface area (Å²) in [6, 6.07) is 14.4. The predicted octanol–water partition coefficient (Wildman–Crippen LogP) is 2.99. The van der Waals surface area contributed by atoms with E-state index in [4.69, 9.17) is 0 Å². The van der Waals surface area contributed by atoms with E-state index < -0.39 is 16.1 Å². The molecule has 27 heavy (non-hydrogen) atoms. The fourth-order valence-electron chi connectivity index (χ4n) is 2.70. The zero-order valence-corrected chi connectivity index (χ0v) is 18.2. The minimum atomic E-state index is -3.52. The summed E-state index contributed by atoms with van der Waals surface area (Å²) in [5.74, 6) is -0.191. The van der Waals surface area contributed by atoms with Gasteiger partial charge in [-0.15, -0.1) is 17.0 Å². The number of phenolic OH excluding ortho intramolecular Hbond substituents is 1. The van der Waals surface area contributed by atoms with Crippen molar-refractivity contribution >= 4 is 32.7 Å². The maximum absolute atomic E-state index is 11.4. The largest absolute Gasteiger partial charge is 0.506 e. The average Bonchev–Trinajstić information content (AvgIpc) is 2.54. The molecule has 150 valence electrons. The number of sulfonamides is 1. The van der Waals surface area contributed by atoms with Crippen LogP contribution in [-0.4, -0.2) is 37.0 Å². The third kappa shape index (κ3) is 7.88. The molecular weight excluding hydrogens is 432 g/mol. The molecule has 0 aliphatic carbocycles. The van der Waals surface area contributed by atoms with E-state index in [1.165, 1.54) is 17.7 Å². The van der Waals surface area contributed by atoms with Gasteiger partial charge in [-0.05, 0) is 43.5 Å². The lowest BCUT2D eigenvalue weighted by Crippen LogP contribution is -2.43. The molecule has 2 aromatic rings. The fourth-order valence-corrected chi connectivity index (χ4v) is 3.26. The van der Waals surface area contributed by atoms with E-state index in [0.717, 1.165) is 12.7 Å². The molecule has 0 saturated carbocycles. The molecule has 0 aliphatic heterocycles. The Labute approximate surface area is 171 Å². The molecule has 0 bridgehead atoms. The number of benzene rings is 2. The van der Waals surface area contributed by atoms with Gasteiger partial charge in [0.1, 0.15) is 5.75 Å². The van der Waals surface area contributed by atoms with Gasteiger partial charge in [-0.2, -0.15) is 0 Å². The topological polar surface area (TPSA) is 98.7 Å². The van der Waals surface area contributed by atoms with E-state index in [0.29, 0.717) is 12.1 Å². The molecule has 0 amide bonds. The first kappa shape index (κ1) is 23.4. The summed E-state index contributed by atoms with van der Waals surface area (Å²) in [5, 5.41) is 23.6. The monoisotopic (exact) mass is 458 g/mol. The van der Waals surface area contributed by atoms with Crippen molar-refractivity contribution in [2.75, 3.05) is 17.5 Å². The van der Waals surface area contributed by atoms with Crippen LogP contribution in [0.2, 0.25) is 0 Å². The van der Waals surface area contributed by atoms with E-state index in [1.54, 1.807) is 6.07 Å². The average molecular weight is 459 g/mol. The van der Waals surface area contributed by atoms with E-state index in [2.05, 4.69) is 36.0 Å². The molecule has 2 aromatic carbocycles. The lowest BCUT2D eigenvalue weighted by atomic mass is 9.94. The van der Waals surface area contributed by atoms with Crippen LogP contribution < -0.4 is 10.0 Å². The minimum absolute atomic E-state index is 0. The van der Waals surface area contributed by atoms with Gasteiger partial charge in [-0.3, -0.25) is 4.72 Å². The molecule has 6 nitrogen and oxygen atoms in total. The van der Waals surface area contributed by atoms with E-state index >= 15 is 0 Å². The third-order valence-electron chi connectivity index (χ3n) is 3.96. The van der Waals surface area contributed by atoms with Crippen LogP contribution in [0, 0.1) is 0 Å². The third-order valence-corrected chi connectivity index (χ3v) is 4.55. The lowest BCUT2D eigenvalue weighted by molar-refractivity contribution is 0.160. The van der Waals surface area contributed by atoms with Crippen LogP contribution in [0.3, 0.4) is 0 Å². The molecule has 0 radical (unpaired) electrons. The number of aromatic hydroxyl groups is 1. The zero-order valence-electron chi connectivity index (χ0n) is 15.6. The Bertz CT molecular complexity index is 842. The summed E-state index contributed by atoms with van der Waals surface area (Å²) >= 11 is 0. The number of nitrogens with one attached hydrogen (secondary N) is 2. The van der Waals surface area contributed by atoms with E-state index in [1.807, 2.05) is 18.2 Å². The van der Waals surface area contributed by atoms with Gasteiger partial charge < -0.3 is 15.5 Å². The molecule has 4 N–H and O–H groups in total. The quantitative estimate of drug-likeness (QED) is 0.455. The van der Waals surface area contributed by atoms with E-state index in [9.17, 15) is 18.6 Å². The highest BCUT2D eigenvalue weighted by Gasteiger charge is 2.20. The molecular formula is C19H27BrN2O4S. The number of rotatable bonds is 8. The first-order valence-electron chi connectivity index (χ1n) is 8.33. The van der Waals surface area contributed by atoms with Gasteiger partial charge in [0.05, 0.1) is 18.0 Å². The molecule has 0 fully saturated rings. The summed E-state index contributed by atoms with van der Waals surface area (Å²) in [5.41, 5.74) is 1.53. The number of aliphatic hydroxyl groups is 1. The number of β-amino-alcohol motifs (C(OH)–C–C–N with tert-alkyl or cyclic N) is 1. The van der Waals surface area contributed by atoms with Gasteiger partial charge in [0, 0.05) is 12.1 Å². The molecule has 8 heteroatoms. The van der Waals surface area contributed by atoms with Crippen molar-refractivity contribution in [2.24, 2.45) is 0 Å². The van der Waals surface area contributed by atoms with Gasteiger partial charge in [-0.1, -0.05) is 36.4 Å². The van der Waals surface area contributed by atoms with Crippen molar-refractivity contribution in [1.29, 1.82) is 0 Å². The zero-order chi connectivity index (χ0) is 19.4. The van der Waals surface area contributed by atoms with Crippen LogP contribution in [0.4, 0.5) is 5.69 Å². The second-order valence-corrected chi connectivity index (χ2v) is 8.84. The first-order chi connectivity index (χ1) is 12.1. The summed E-state index contributed by atoms with van der Waals surface area (Å²) < 4.78 is 25.0. The Morgan fingerprint density at radius 1 is 1.11 bits per heavy atom. The van der Waals surface area contributed by atoms with Crippen LogP contribution in [-0.2, 0) is 16.4 Å². The fraction of sp³-hybridized carbons (Fsp3) is 0.368. The highest BCUT2D eigenvalue weighted by Crippen LogP contribution is 2.28. The standard InChI is InChI=1S/C19H26N2O4S.BrH/c1-19(2,12-14-7-5-4-6-8-14)20-13-18(23)15-9-10-17(22)16(11-15)21-26(3,24)25;/h4-11,18,20-23H,12-13H2,1-3H3;1H. The Balaban J connectivity index is 0.00000364. The number of halogens is 1. The van der Waals surface area contributed by atoms with Crippen molar-refractivity contribution in [3.63, 3.8) is 0 Å². The maximum atomic E-state index is 11.4. The second-order valence-electron chi connectivity index (χ2n) is 7.09. The van der Waals surface area contributed by atoms with Gasteiger partial charge in [0.2, 0.25) is 10.0 Å². The number of hydrogen-bond acceptors (Lipinski definition) is 5. The summed E-state index contributed by atoms with van der Waals surface area (Å²) in [6.45, 7) is 4.41. The van der Waals surface area contributed by atoms with Crippen molar-refractivity contribution in [1.82, 2.24) is 5.32 Å². The number of phenols is 1. The van der Waals surface area contributed by atoms with Crippen LogP contribution in [0.5, 0.6) is 5.75 Å². The molecule has 1 atom stereocenters. The highest BCUT2D eigenvalue weighted by atomic mass is 79.9. The molecule has 1 unspecified atom stereocenters. The summed E-state index contributed by atoms with van der Waals surface area (Å²) in [4.78, 5) is 0. The van der Waals surface area contributed by atoms with Crippen molar-refractivity contribution < 1.29 is 18.6 Å². The normalized spacial score (nSPS) is 12.9. The Hall–Kier alpha value is -1.61. The lowest BCUT2D eigenvalue weighted by Gasteiger charge is -2.28. The minimum Gasteiger partial charge on any atom is -0.506 e. The number of anilines is 1. The maximum Gasteiger partial charge on any atom is 0.229 e. The first-order valence-corrected chi connectivity index (χ1v) is 10.2. The van der Waals surface area contributed by atoms with Crippen LogP contribution in [0.15, 0.2) is 48.5 Å². The number of aliphatic hydroxyl groups excluding tert-OH is 1. The molecule has 0 saturated heterocycles. The summed E-state index contributed by atoms with van der Waals surface area (Å²) in [7, 11) is -3.52. The van der Waals surface area contributed by atoms with Crippen LogP contribution in [0.1, 0.15) is 31.1 Å². The molecule has 2 rings (SSSR count). The van der Waals surface area contributed by atoms with E-state index in [-0.39, 0.29) is 34.0 Å². The van der Waals surface area contributed by atoms with Crippen molar-refractivity contribution in [3.05, 3.63) is 59.7 Å². The highest BCUT2D eigenvalue weighted by molar-refractivity contribution is 8.93. The van der Waals surface area contributed by atoms with Gasteiger partial charge in [0.25, 0.3) is 0 Å². The summed E-state index contributed by atoms with van der Waals surface area (Å²) in [6.07, 6.45) is 0.964. The molecule has 0 spiro atoms. The Kier molecular flexibility index (Phi) is 8.28. The van der Waals surface area contributed by atoms with Crippen LogP contribution >= 0.6 is 17.0 Å². The van der Waals surface area contributed by atoms with Gasteiger partial charge in [0.15, 0.2) is 0 Å². The predicted molar refractivity (Wildman–Crippen MR) is 114 cm³/mol. The van der Waals surface area contributed by atoms with Gasteiger partial charge >= 0.3 is 0 Å². The molecule has 0 aromatic heterocycles. The van der Waals surface area contributed by atoms with Crippen molar-refractivity contribution in [3.8, 4) is 5.75 Å². The Morgan fingerprint density at radius 3 is 2.33 bits per heavy atom. The van der Waals surface area contributed by atoms with Crippen molar-refractivity contribution in [2.45, 2.75) is 31.9 Å². The second kappa shape index (κ2) is 9.54. The Morgan fingerprint density at radius 2 is 1.74 bits per heavy atom. The van der Waals surface area contributed by atoms with Crippen LogP contribution in [0.25, 0.3) is 0 Å².